The normalized spacial score (nSPS) is 22.8. The Hall–Kier alpha value is -0.350. The highest BCUT2D eigenvalue weighted by Crippen LogP contribution is 2.27. The Morgan fingerprint density at radius 2 is 2.27 bits per heavy atom. The smallest absolute Gasteiger partial charge is 0.187 e. The van der Waals surface area contributed by atoms with E-state index < -0.39 is 0 Å². The standard InChI is InChI=1S/C10H16ClN3S/c1-2-8-4-3-6-14(7-5-8)10-9(11)12-15-13-10/h8H,2-7H2,1H3. The van der Waals surface area contributed by atoms with Gasteiger partial charge in [-0.05, 0) is 25.2 Å². The van der Waals surface area contributed by atoms with Crippen molar-refractivity contribution in [2.45, 2.75) is 32.6 Å². The first kappa shape index (κ1) is 11.1. The zero-order chi connectivity index (χ0) is 10.7. The molecule has 3 nitrogen and oxygen atoms in total. The lowest BCUT2D eigenvalue weighted by atomic mass is 9.98. The topological polar surface area (TPSA) is 29.0 Å². The minimum atomic E-state index is 0.565. The Balaban J connectivity index is 2.02. The Kier molecular flexibility index (Phi) is 3.81. The van der Waals surface area contributed by atoms with Crippen molar-refractivity contribution in [1.29, 1.82) is 0 Å². The first-order chi connectivity index (χ1) is 7.31. The van der Waals surface area contributed by atoms with Gasteiger partial charge in [0.2, 0.25) is 0 Å². The quantitative estimate of drug-likeness (QED) is 0.801. The van der Waals surface area contributed by atoms with Gasteiger partial charge in [-0.25, -0.2) is 0 Å². The Morgan fingerprint density at radius 1 is 1.40 bits per heavy atom. The molecule has 1 aliphatic heterocycles. The van der Waals surface area contributed by atoms with E-state index in [-0.39, 0.29) is 0 Å². The molecule has 2 heterocycles. The number of aromatic nitrogens is 2. The monoisotopic (exact) mass is 245 g/mol. The largest absolute Gasteiger partial charge is 0.353 e. The third-order valence-corrected chi connectivity index (χ3v) is 4.03. The second-order valence-electron chi connectivity index (χ2n) is 4.07. The fraction of sp³-hybridized carbons (Fsp3) is 0.800. The van der Waals surface area contributed by atoms with Crippen molar-refractivity contribution >= 4 is 29.1 Å². The lowest BCUT2D eigenvalue weighted by Crippen LogP contribution is -2.24. The molecule has 15 heavy (non-hydrogen) atoms. The maximum absolute atomic E-state index is 5.99. The average molecular weight is 246 g/mol. The van der Waals surface area contributed by atoms with Crippen LogP contribution < -0.4 is 4.90 Å². The predicted molar refractivity (Wildman–Crippen MR) is 64.8 cm³/mol. The fourth-order valence-electron chi connectivity index (χ4n) is 2.15. The van der Waals surface area contributed by atoms with Gasteiger partial charge in [-0.15, -0.1) is 0 Å². The van der Waals surface area contributed by atoms with Gasteiger partial charge in [0.15, 0.2) is 11.0 Å². The molecule has 0 radical (unpaired) electrons. The zero-order valence-corrected chi connectivity index (χ0v) is 10.5. The molecule has 5 heteroatoms. The molecule has 0 aromatic carbocycles. The molecule has 1 aromatic rings. The molecule has 1 atom stereocenters. The molecule has 0 N–H and O–H groups in total. The number of rotatable bonds is 2. The van der Waals surface area contributed by atoms with E-state index in [9.17, 15) is 0 Å². The van der Waals surface area contributed by atoms with Crippen molar-refractivity contribution in [1.82, 2.24) is 8.75 Å². The summed E-state index contributed by atoms with van der Waals surface area (Å²) in [5.74, 6) is 1.76. The molecule has 0 amide bonds. The molecule has 1 unspecified atom stereocenters. The van der Waals surface area contributed by atoms with Crippen LogP contribution >= 0.6 is 23.3 Å². The molecule has 0 saturated carbocycles. The molecule has 1 saturated heterocycles. The second kappa shape index (κ2) is 5.12. The van der Waals surface area contributed by atoms with Crippen LogP contribution in [0.4, 0.5) is 5.82 Å². The summed E-state index contributed by atoms with van der Waals surface area (Å²) in [6, 6.07) is 0. The Labute approximate surface area is 99.8 Å². The summed E-state index contributed by atoms with van der Waals surface area (Å²) < 4.78 is 8.27. The van der Waals surface area contributed by atoms with Crippen molar-refractivity contribution < 1.29 is 0 Å². The van der Waals surface area contributed by atoms with Crippen LogP contribution in [0.3, 0.4) is 0 Å². The van der Waals surface area contributed by atoms with E-state index in [1.165, 1.54) is 37.4 Å². The van der Waals surface area contributed by atoms with E-state index in [4.69, 9.17) is 11.6 Å². The van der Waals surface area contributed by atoms with E-state index in [2.05, 4.69) is 20.6 Å². The van der Waals surface area contributed by atoms with E-state index in [0.717, 1.165) is 24.8 Å². The summed E-state index contributed by atoms with van der Waals surface area (Å²) in [6.45, 7) is 4.42. The van der Waals surface area contributed by atoms with Gasteiger partial charge in [0.1, 0.15) is 0 Å². The molecule has 0 aliphatic carbocycles. The number of halogens is 1. The van der Waals surface area contributed by atoms with Gasteiger partial charge in [-0.1, -0.05) is 24.9 Å². The average Bonchev–Trinajstić information content (AvgIpc) is 2.54. The third kappa shape index (κ3) is 2.61. The highest BCUT2D eigenvalue weighted by Gasteiger charge is 2.19. The lowest BCUT2D eigenvalue weighted by Gasteiger charge is -2.19. The van der Waals surface area contributed by atoms with Gasteiger partial charge in [0, 0.05) is 13.1 Å². The van der Waals surface area contributed by atoms with Gasteiger partial charge in [0.25, 0.3) is 0 Å². The zero-order valence-electron chi connectivity index (χ0n) is 8.95. The molecule has 0 spiro atoms. The van der Waals surface area contributed by atoms with E-state index in [1.807, 2.05) is 0 Å². The first-order valence-corrected chi connectivity index (χ1v) is 6.65. The highest BCUT2D eigenvalue weighted by atomic mass is 35.5. The summed E-state index contributed by atoms with van der Waals surface area (Å²) in [4.78, 5) is 2.28. The molecular formula is C10H16ClN3S. The minimum Gasteiger partial charge on any atom is -0.353 e. The van der Waals surface area contributed by atoms with Crippen LogP contribution in [0, 0.1) is 5.92 Å². The van der Waals surface area contributed by atoms with Crippen LogP contribution in [0.5, 0.6) is 0 Å². The van der Waals surface area contributed by atoms with Crippen molar-refractivity contribution in [3.8, 4) is 0 Å². The molecule has 0 bridgehead atoms. The van der Waals surface area contributed by atoms with Gasteiger partial charge in [-0.2, -0.15) is 8.75 Å². The Bertz CT molecular complexity index is 315. The van der Waals surface area contributed by atoms with E-state index in [1.54, 1.807) is 0 Å². The van der Waals surface area contributed by atoms with Crippen molar-refractivity contribution in [2.75, 3.05) is 18.0 Å². The van der Waals surface area contributed by atoms with Gasteiger partial charge < -0.3 is 4.90 Å². The molecular weight excluding hydrogens is 230 g/mol. The number of anilines is 1. The number of nitrogens with zero attached hydrogens (tertiary/aromatic N) is 3. The molecule has 1 aromatic heterocycles. The van der Waals surface area contributed by atoms with Crippen LogP contribution in [0.2, 0.25) is 5.15 Å². The Morgan fingerprint density at radius 3 is 2.93 bits per heavy atom. The van der Waals surface area contributed by atoms with Crippen molar-refractivity contribution in [2.24, 2.45) is 5.92 Å². The molecule has 1 fully saturated rings. The number of hydrogen-bond acceptors (Lipinski definition) is 4. The van der Waals surface area contributed by atoms with Crippen LogP contribution in [-0.2, 0) is 0 Å². The third-order valence-electron chi connectivity index (χ3n) is 3.16. The highest BCUT2D eigenvalue weighted by molar-refractivity contribution is 6.99. The predicted octanol–water partition coefficient (Wildman–Crippen LogP) is 3.21. The van der Waals surface area contributed by atoms with Gasteiger partial charge >= 0.3 is 0 Å². The maximum atomic E-state index is 5.99. The minimum absolute atomic E-state index is 0.565. The van der Waals surface area contributed by atoms with Crippen molar-refractivity contribution in [3.05, 3.63) is 5.15 Å². The summed E-state index contributed by atoms with van der Waals surface area (Å²) >= 11 is 7.19. The summed E-state index contributed by atoms with van der Waals surface area (Å²) in [5, 5.41) is 0.565. The van der Waals surface area contributed by atoms with Gasteiger partial charge in [0.05, 0.1) is 11.7 Å². The van der Waals surface area contributed by atoms with Crippen LogP contribution in [0.15, 0.2) is 0 Å². The summed E-state index contributed by atoms with van der Waals surface area (Å²) in [6.07, 6.45) is 5.12. The van der Waals surface area contributed by atoms with Crippen LogP contribution in [0.1, 0.15) is 32.6 Å². The van der Waals surface area contributed by atoms with Crippen LogP contribution in [-0.4, -0.2) is 21.8 Å². The summed E-state index contributed by atoms with van der Waals surface area (Å²) in [7, 11) is 0. The SMILES string of the molecule is CCC1CCCN(c2nsnc2Cl)CC1. The van der Waals surface area contributed by atoms with Crippen LogP contribution in [0.25, 0.3) is 0 Å². The second-order valence-corrected chi connectivity index (χ2v) is 4.96. The van der Waals surface area contributed by atoms with Crippen molar-refractivity contribution in [3.63, 3.8) is 0 Å². The summed E-state index contributed by atoms with van der Waals surface area (Å²) in [5.41, 5.74) is 0. The van der Waals surface area contributed by atoms with E-state index >= 15 is 0 Å². The maximum Gasteiger partial charge on any atom is 0.187 e. The van der Waals surface area contributed by atoms with Gasteiger partial charge in [-0.3, -0.25) is 0 Å². The lowest BCUT2D eigenvalue weighted by molar-refractivity contribution is 0.459. The molecule has 1 aliphatic rings. The van der Waals surface area contributed by atoms with E-state index in [0.29, 0.717) is 5.15 Å². The molecule has 2 rings (SSSR count). The number of hydrogen-bond donors (Lipinski definition) is 0. The molecule has 84 valence electrons. The first-order valence-electron chi connectivity index (χ1n) is 5.54. The fourth-order valence-corrected chi connectivity index (χ4v) is 2.92.